The molecule has 17 heavy (non-hydrogen) atoms. The van der Waals surface area contributed by atoms with Crippen molar-refractivity contribution in [2.75, 3.05) is 13.7 Å². The monoisotopic (exact) mass is 255 g/mol. The van der Waals surface area contributed by atoms with Gasteiger partial charge in [0.05, 0.1) is 7.11 Å². The molecule has 2 nitrogen and oxygen atoms in total. The molecule has 0 amide bonds. The molecule has 1 aromatic rings. The predicted molar refractivity (Wildman–Crippen MR) is 73.9 cm³/mol. The summed E-state index contributed by atoms with van der Waals surface area (Å²) < 4.78 is 5.41. The van der Waals surface area contributed by atoms with Crippen molar-refractivity contribution >= 4 is 11.6 Å². The highest BCUT2D eigenvalue weighted by Crippen LogP contribution is 2.31. The summed E-state index contributed by atoms with van der Waals surface area (Å²) in [5.74, 6) is 1.53. The summed E-state index contributed by atoms with van der Waals surface area (Å²) in [5.41, 5.74) is 1.15. The molecule has 0 aliphatic heterocycles. The highest BCUT2D eigenvalue weighted by atomic mass is 35.5. The number of hydrogen-bond donors (Lipinski definition) is 1. The molecule has 1 atom stereocenters. The molecule has 96 valence electrons. The Hall–Kier alpha value is -0.730. The van der Waals surface area contributed by atoms with Crippen LogP contribution in [0.2, 0.25) is 5.02 Å². The first-order valence-corrected chi connectivity index (χ1v) is 6.53. The largest absolute Gasteiger partial charge is 0.496 e. The Labute approximate surface area is 109 Å². The zero-order chi connectivity index (χ0) is 12.8. The molecule has 1 rings (SSSR count). The van der Waals surface area contributed by atoms with Crippen LogP contribution >= 0.6 is 11.6 Å². The quantitative estimate of drug-likeness (QED) is 0.828. The fourth-order valence-corrected chi connectivity index (χ4v) is 2.20. The second-order valence-electron chi connectivity index (χ2n) is 4.63. The van der Waals surface area contributed by atoms with Crippen molar-refractivity contribution in [3.05, 3.63) is 28.8 Å². The highest BCUT2D eigenvalue weighted by molar-refractivity contribution is 6.30. The van der Waals surface area contributed by atoms with Crippen LogP contribution in [0, 0.1) is 5.92 Å². The number of benzene rings is 1. The van der Waals surface area contributed by atoms with Gasteiger partial charge in [-0.05, 0) is 37.1 Å². The summed E-state index contributed by atoms with van der Waals surface area (Å²) in [5, 5.41) is 4.25. The van der Waals surface area contributed by atoms with Crippen LogP contribution < -0.4 is 10.1 Å². The van der Waals surface area contributed by atoms with E-state index in [0.717, 1.165) is 29.3 Å². The number of halogens is 1. The van der Waals surface area contributed by atoms with Crippen molar-refractivity contribution in [2.24, 2.45) is 5.92 Å². The molecule has 0 radical (unpaired) electrons. The zero-order valence-electron chi connectivity index (χ0n) is 11.1. The van der Waals surface area contributed by atoms with Gasteiger partial charge in [0, 0.05) is 16.6 Å². The fourth-order valence-electron chi connectivity index (χ4n) is 2.02. The number of rotatable bonds is 6. The summed E-state index contributed by atoms with van der Waals surface area (Å²) in [7, 11) is 1.70. The van der Waals surface area contributed by atoms with Gasteiger partial charge in [-0.1, -0.05) is 32.4 Å². The van der Waals surface area contributed by atoms with Gasteiger partial charge in [-0.15, -0.1) is 0 Å². The highest BCUT2D eigenvalue weighted by Gasteiger charge is 2.16. The minimum absolute atomic E-state index is 0.300. The lowest BCUT2D eigenvalue weighted by atomic mass is 9.96. The molecule has 0 heterocycles. The van der Waals surface area contributed by atoms with E-state index in [0.29, 0.717) is 12.0 Å². The lowest BCUT2D eigenvalue weighted by Crippen LogP contribution is -2.23. The van der Waals surface area contributed by atoms with Crippen LogP contribution in [0.15, 0.2) is 18.2 Å². The molecule has 1 unspecified atom stereocenters. The van der Waals surface area contributed by atoms with Crippen molar-refractivity contribution < 1.29 is 4.74 Å². The minimum atomic E-state index is 0.300. The van der Waals surface area contributed by atoms with Crippen LogP contribution in [0.25, 0.3) is 0 Å². The molecule has 0 aliphatic rings. The Kier molecular flexibility index (Phi) is 5.79. The molecule has 0 fully saturated rings. The predicted octanol–water partition coefficient (Wildman–Crippen LogP) is 4.05. The summed E-state index contributed by atoms with van der Waals surface area (Å²) in [6.07, 6.45) is 1.07. The van der Waals surface area contributed by atoms with E-state index in [1.54, 1.807) is 7.11 Å². The second kappa shape index (κ2) is 6.87. The van der Waals surface area contributed by atoms with Gasteiger partial charge in [-0.3, -0.25) is 0 Å². The Morgan fingerprint density at radius 2 is 2.06 bits per heavy atom. The molecule has 0 aromatic heterocycles. The lowest BCUT2D eigenvalue weighted by molar-refractivity contribution is 0.384. The molecule has 0 spiro atoms. The Bertz CT molecular complexity index is 352. The third kappa shape index (κ3) is 4.21. The van der Waals surface area contributed by atoms with E-state index < -0.39 is 0 Å². The van der Waals surface area contributed by atoms with Gasteiger partial charge in [-0.25, -0.2) is 0 Å². The third-order valence-electron chi connectivity index (χ3n) is 2.72. The van der Waals surface area contributed by atoms with Crippen LogP contribution in [-0.4, -0.2) is 13.7 Å². The van der Waals surface area contributed by atoms with Crippen LogP contribution in [-0.2, 0) is 0 Å². The molecule has 0 bridgehead atoms. The summed E-state index contributed by atoms with van der Waals surface area (Å²) in [6.45, 7) is 7.50. The van der Waals surface area contributed by atoms with Gasteiger partial charge in [0.2, 0.25) is 0 Å². The van der Waals surface area contributed by atoms with E-state index >= 15 is 0 Å². The van der Waals surface area contributed by atoms with Crippen LogP contribution in [0.4, 0.5) is 0 Å². The van der Waals surface area contributed by atoms with E-state index in [9.17, 15) is 0 Å². The van der Waals surface area contributed by atoms with E-state index in [-0.39, 0.29) is 0 Å². The number of ether oxygens (including phenoxy) is 1. The molecule has 1 N–H and O–H groups in total. The fraction of sp³-hybridized carbons (Fsp3) is 0.571. The van der Waals surface area contributed by atoms with Crippen molar-refractivity contribution in [3.8, 4) is 5.75 Å². The van der Waals surface area contributed by atoms with Crippen molar-refractivity contribution in [1.82, 2.24) is 5.32 Å². The molecule has 3 heteroatoms. The third-order valence-corrected chi connectivity index (χ3v) is 2.96. The van der Waals surface area contributed by atoms with Gasteiger partial charge in [0.1, 0.15) is 5.75 Å². The summed E-state index contributed by atoms with van der Waals surface area (Å²) in [4.78, 5) is 0. The molecular weight excluding hydrogens is 234 g/mol. The van der Waals surface area contributed by atoms with E-state index in [2.05, 4.69) is 26.1 Å². The standard InChI is InChI=1S/C14H22ClNO/c1-5-16-13(8-10(2)3)12-9-11(15)6-7-14(12)17-4/h6-7,9-10,13,16H,5,8H2,1-4H3. The Morgan fingerprint density at radius 1 is 1.35 bits per heavy atom. The van der Waals surface area contributed by atoms with Gasteiger partial charge < -0.3 is 10.1 Å². The lowest BCUT2D eigenvalue weighted by Gasteiger charge is -2.22. The normalized spacial score (nSPS) is 12.8. The maximum atomic E-state index is 6.07. The van der Waals surface area contributed by atoms with Crippen molar-refractivity contribution in [3.63, 3.8) is 0 Å². The average molecular weight is 256 g/mol. The van der Waals surface area contributed by atoms with E-state index in [1.165, 1.54) is 0 Å². The van der Waals surface area contributed by atoms with E-state index in [4.69, 9.17) is 16.3 Å². The van der Waals surface area contributed by atoms with Gasteiger partial charge >= 0.3 is 0 Å². The number of methoxy groups -OCH3 is 1. The summed E-state index contributed by atoms with van der Waals surface area (Å²) >= 11 is 6.07. The molecular formula is C14H22ClNO. The molecule has 0 saturated carbocycles. The first kappa shape index (κ1) is 14.3. The van der Waals surface area contributed by atoms with E-state index in [1.807, 2.05) is 18.2 Å². The second-order valence-corrected chi connectivity index (χ2v) is 5.06. The van der Waals surface area contributed by atoms with Gasteiger partial charge in [-0.2, -0.15) is 0 Å². The van der Waals surface area contributed by atoms with Crippen LogP contribution in [0.5, 0.6) is 5.75 Å². The van der Waals surface area contributed by atoms with Crippen LogP contribution in [0.3, 0.4) is 0 Å². The Morgan fingerprint density at radius 3 is 2.59 bits per heavy atom. The van der Waals surface area contributed by atoms with Gasteiger partial charge in [0.15, 0.2) is 0 Å². The average Bonchev–Trinajstić information content (AvgIpc) is 2.28. The molecule has 1 aromatic carbocycles. The number of hydrogen-bond acceptors (Lipinski definition) is 2. The first-order chi connectivity index (χ1) is 8.08. The Balaban J connectivity index is 3.02. The smallest absolute Gasteiger partial charge is 0.123 e. The van der Waals surface area contributed by atoms with Crippen molar-refractivity contribution in [2.45, 2.75) is 33.2 Å². The maximum Gasteiger partial charge on any atom is 0.123 e. The first-order valence-electron chi connectivity index (χ1n) is 6.15. The van der Waals surface area contributed by atoms with Crippen LogP contribution in [0.1, 0.15) is 38.8 Å². The summed E-state index contributed by atoms with van der Waals surface area (Å²) in [6, 6.07) is 6.09. The number of nitrogens with one attached hydrogen (secondary N) is 1. The van der Waals surface area contributed by atoms with Gasteiger partial charge in [0.25, 0.3) is 0 Å². The molecule has 0 saturated heterocycles. The van der Waals surface area contributed by atoms with Crippen molar-refractivity contribution in [1.29, 1.82) is 0 Å². The SMILES string of the molecule is CCNC(CC(C)C)c1cc(Cl)ccc1OC. The minimum Gasteiger partial charge on any atom is -0.496 e. The zero-order valence-corrected chi connectivity index (χ0v) is 11.8. The molecule has 0 aliphatic carbocycles. The topological polar surface area (TPSA) is 21.3 Å². The maximum absolute atomic E-state index is 6.07.